The number of halogens is 2. The molecule has 2 aromatic heterocycles. The number of rotatable bonds is 5. The van der Waals surface area contributed by atoms with Crippen LogP contribution in [0.2, 0.25) is 10.3 Å². The van der Waals surface area contributed by atoms with Crippen molar-refractivity contribution in [2.24, 2.45) is 0 Å². The smallest absolute Gasteiger partial charge is 0.154 e. The third-order valence-electron chi connectivity index (χ3n) is 2.63. The van der Waals surface area contributed by atoms with E-state index in [1.165, 1.54) is 0 Å². The van der Waals surface area contributed by atoms with E-state index < -0.39 is 0 Å². The van der Waals surface area contributed by atoms with E-state index in [9.17, 15) is 0 Å². The Morgan fingerprint density at radius 1 is 1.42 bits per heavy atom. The molecule has 19 heavy (non-hydrogen) atoms. The van der Waals surface area contributed by atoms with Crippen molar-refractivity contribution in [1.82, 2.24) is 14.8 Å². The average Bonchev–Trinajstić information content (AvgIpc) is 2.76. The minimum absolute atomic E-state index is 0.0700. The molecule has 0 aliphatic carbocycles. The standard InChI is InChI=1S/C12H14Cl2N4O/c1-8-4-10(13)17-12(14)11(8)15-5-9-6-16-18(7-9)2-3-19/h4,6-7,15,19H,2-3,5H2,1H3. The number of hydrogen-bond donors (Lipinski definition) is 2. The lowest BCUT2D eigenvalue weighted by Crippen LogP contribution is -2.03. The number of nitrogens with zero attached hydrogens (tertiary/aromatic N) is 3. The van der Waals surface area contributed by atoms with Gasteiger partial charge in [-0.2, -0.15) is 5.10 Å². The van der Waals surface area contributed by atoms with Crippen molar-refractivity contribution in [3.63, 3.8) is 0 Å². The zero-order valence-corrected chi connectivity index (χ0v) is 11.9. The maximum Gasteiger partial charge on any atom is 0.154 e. The first-order chi connectivity index (χ1) is 9.10. The molecular formula is C12H14Cl2N4O. The van der Waals surface area contributed by atoms with E-state index in [0.717, 1.165) is 16.8 Å². The van der Waals surface area contributed by atoms with Gasteiger partial charge in [0.1, 0.15) is 5.15 Å². The topological polar surface area (TPSA) is 63.0 Å². The highest BCUT2D eigenvalue weighted by atomic mass is 35.5. The molecule has 0 amide bonds. The predicted molar refractivity (Wildman–Crippen MR) is 75.6 cm³/mol. The molecule has 2 heterocycles. The van der Waals surface area contributed by atoms with Gasteiger partial charge in [0, 0.05) is 18.3 Å². The normalized spacial score (nSPS) is 10.7. The van der Waals surface area contributed by atoms with Gasteiger partial charge >= 0.3 is 0 Å². The Kier molecular flexibility index (Phi) is 4.63. The number of aryl methyl sites for hydroxylation is 1. The second-order valence-electron chi connectivity index (χ2n) is 4.12. The molecular weight excluding hydrogens is 287 g/mol. The van der Waals surface area contributed by atoms with Crippen molar-refractivity contribution in [1.29, 1.82) is 0 Å². The number of pyridine rings is 1. The van der Waals surface area contributed by atoms with Crippen LogP contribution in [0.4, 0.5) is 5.69 Å². The van der Waals surface area contributed by atoms with Crippen LogP contribution in [0.1, 0.15) is 11.1 Å². The average molecular weight is 301 g/mol. The first-order valence-electron chi connectivity index (χ1n) is 5.79. The Bertz CT molecular complexity index is 548. The van der Waals surface area contributed by atoms with Crippen molar-refractivity contribution in [2.45, 2.75) is 20.0 Å². The van der Waals surface area contributed by atoms with Crippen LogP contribution in [0.3, 0.4) is 0 Å². The second-order valence-corrected chi connectivity index (χ2v) is 4.86. The molecule has 0 fully saturated rings. The highest BCUT2D eigenvalue weighted by Gasteiger charge is 2.07. The maximum absolute atomic E-state index is 8.82. The molecule has 0 radical (unpaired) electrons. The highest BCUT2D eigenvalue weighted by Crippen LogP contribution is 2.26. The molecule has 7 heteroatoms. The molecule has 0 aliphatic rings. The SMILES string of the molecule is Cc1cc(Cl)nc(Cl)c1NCc1cnn(CCO)c1. The quantitative estimate of drug-likeness (QED) is 0.833. The van der Waals surface area contributed by atoms with Crippen LogP contribution < -0.4 is 5.32 Å². The maximum atomic E-state index is 8.82. The minimum Gasteiger partial charge on any atom is -0.394 e. The molecule has 0 unspecified atom stereocenters. The van der Waals surface area contributed by atoms with Crippen LogP contribution in [0.25, 0.3) is 0 Å². The Morgan fingerprint density at radius 3 is 2.89 bits per heavy atom. The van der Waals surface area contributed by atoms with Gasteiger partial charge in [-0.15, -0.1) is 0 Å². The van der Waals surface area contributed by atoms with E-state index in [1.54, 1.807) is 16.9 Å². The summed E-state index contributed by atoms with van der Waals surface area (Å²) >= 11 is 11.9. The van der Waals surface area contributed by atoms with Crippen LogP contribution in [-0.2, 0) is 13.1 Å². The number of nitrogens with one attached hydrogen (secondary N) is 1. The summed E-state index contributed by atoms with van der Waals surface area (Å²) in [5, 5.41) is 16.9. The summed E-state index contributed by atoms with van der Waals surface area (Å²) in [6.45, 7) is 3.05. The van der Waals surface area contributed by atoms with Gasteiger partial charge in [-0.1, -0.05) is 23.2 Å². The number of hydrogen-bond acceptors (Lipinski definition) is 4. The zero-order valence-electron chi connectivity index (χ0n) is 10.4. The highest BCUT2D eigenvalue weighted by molar-refractivity contribution is 6.34. The number of anilines is 1. The van der Waals surface area contributed by atoms with Gasteiger partial charge in [0.05, 0.1) is 25.0 Å². The number of aromatic nitrogens is 3. The number of aliphatic hydroxyl groups is 1. The summed E-state index contributed by atoms with van der Waals surface area (Å²) in [6, 6.07) is 1.75. The van der Waals surface area contributed by atoms with Crippen LogP contribution in [-0.4, -0.2) is 26.5 Å². The van der Waals surface area contributed by atoms with Gasteiger partial charge in [0.2, 0.25) is 0 Å². The lowest BCUT2D eigenvalue weighted by Gasteiger charge is -2.10. The minimum atomic E-state index is 0.0700. The zero-order chi connectivity index (χ0) is 13.8. The molecule has 0 spiro atoms. The Balaban J connectivity index is 2.05. The van der Waals surface area contributed by atoms with E-state index in [0.29, 0.717) is 23.4 Å². The van der Waals surface area contributed by atoms with Crippen LogP contribution in [0, 0.1) is 6.92 Å². The third-order valence-corrected chi connectivity index (χ3v) is 3.09. The monoisotopic (exact) mass is 300 g/mol. The van der Waals surface area contributed by atoms with E-state index in [4.69, 9.17) is 28.3 Å². The van der Waals surface area contributed by atoms with E-state index in [2.05, 4.69) is 15.4 Å². The fourth-order valence-corrected chi connectivity index (χ4v) is 2.32. The fraction of sp³-hybridized carbons (Fsp3) is 0.333. The first kappa shape index (κ1) is 14.1. The molecule has 102 valence electrons. The Hall–Kier alpha value is -1.30. The predicted octanol–water partition coefficient (Wildman–Crippen LogP) is 2.50. The van der Waals surface area contributed by atoms with Gasteiger partial charge in [0.15, 0.2) is 5.15 Å². The molecule has 0 aliphatic heterocycles. The fourth-order valence-electron chi connectivity index (χ4n) is 1.72. The van der Waals surface area contributed by atoms with Crippen molar-refractivity contribution in [2.75, 3.05) is 11.9 Å². The molecule has 0 saturated heterocycles. The van der Waals surface area contributed by atoms with Gasteiger partial charge in [-0.25, -0.2) is 4.98 Å². The molecule has 2 N–H and O–H groups in total. The summed E-state index contributed by atoms with van der Waals surface area (Å²) in [5.74, 6) is 0. The summed E-state index contributed by atoms with van der Waals surface area (Å²) < 4.78 is 1.69. The van der Waals surface area contributed by atoms with E-state index in [1.807, 2.05) is 13.1 Å². The van der Waals surface area contributed by atoms with Gasteiger partial charge in [-0.3, -0.25) is 4.68 Å². The summed E-state index contributed by atoms with van der Waals surface area (Å²) in [5.41, 5.74) is 2.70. The Labute approximate surface area is 121 Å². The summed E-state index contributed by atoms with van der Waals surface area (Å²) in [7, 11) is 0. The van der Waals surface area contributed by atoms with Crippen molar-refractivity contribution < 1.29 is 5.11 Å². The van der Waals surface area contributed by atoms with Gasteiger partial charge in [0.25, 0.3) is 0 Å². The molecule has 2 rings (SSSR count). The summed E-state index contributed by atoms with van der Waals surface area (Å²) in [4.78, 5) is 4.00. The van der Waals surface area contributed by atoms with Gasteiger partial charge in [-0.05, 0) is 18.6 Å². The second kappa shape index (κ2) is 6.23. The molecule has 0 bridgehead atoms. The van der Waals surface area contributed by atoms with Crippen molar-refractivity contribution in [3.8, 4) is 0 Å². The first-order valence-corrected chi connectivity index (χ1v) is 6.54. The largest absolute Gasteiger partial charge is 0.394 e. The molecule has 0 atom stereocenters. The van der Waals surface area contributed by atoms with Gasteiger partial charge < -0.3 is 10.4 Å². The van der Waals surface area contributed by atoms with E-state index >= 15 is 0 Å². The van der Waals surface area contributed by atoms with Crippen LogP contribution in [0.15, 0.2) is 18.5 Å². The molecule has 5 nitrogen and oxygen atoms in total. The lowest BCUT2D eigenvalue weighted by atomic mass is 10.2. The Morgan fingerprint density at radius 2 is 2.21 bits per heavy atom. The molecule has 2 aromatic rings. The molecule has 0 aromatic carbocycles. The van der Waals surface area contributed by atoms with E-state index in [-0.39, 0.29) is 6.61 Å². The molecule has 0 saturated carbocycles. The van der Waals surface area contributed by atoms with Crippen LogP contribution >= 0.6 is 23.2 Å². The van der Waals surface area contributed by atoms with Crippen molar-refractivity contribution in [3.05, 3.63) is 39.9 Å². The van der Waals surface area contributed by atoms with Crippen molar-refractivity contribution >= 4 is 28.9 Å². The lowest BCUT2D eigenvalue weighted by molar-refractivity contribution is 0.269. The van der Waals surface area contributed by atoms with Crippen LogP contribution in [0.5, 0.6) is 0 Å². The number of aliphatic hydroxyl groups excluding tert-OH is 1. The third kappa shape index (κ3) is 3.59. The summed E-state index contributed by atoms with van der Waals surface area (Å²) in [6.07, 6.45) is 3.62.